The second-order valence-electron chi connectivity index (χ2n) is 4.13. The van der Waals surface area contributed by atoms with Crippen LogP contribution in [0.15, 0.2) is 55.1 Å². The van der Waals surface area contributed by atoms with Gasteiger partial charge in [-0.2, -0.15) is 0 Å². The van der Waals surface area contributed by atoms with E-state index in [1.807, 2.05) is 30.3 Å². The summed E-state index contributed by atoms with van der Waals surface area (Å²) in [6.07, 6.45) is 2.90. The van der Waals surface area contributed by atoms with Crippen molar-refractivity contribution in [3.05, 3.63) is 77.4 Å². The van der Waals surface area contributed by atoms with Crippen molar-refractivity contribution in [2.45, 2.75) is 13.3 Å². The standard InChI is InChI=1S/C18H16/c1-3-15-8-10-17(11-9-15)12-13-18-7-5-6-16(4-2)14-18/h4-11,14H,2-3H2,1H3. The van der Waals surface area contributed by atoms with E-state index in [2.05, 4.69) is 49.6 Å². The topological polar surface area (TPSA) is 0 Å². The van der Waals surface area contributed by atoms with Gasteiger partial charge in [0.05, 0.1) is 0 Å². The van der Waals surface area contributed by atoms with Crippen molar-refractivity contribution in [3.63, 3.8) is 0 Å². The van der Waals surface area contributed by atoms with E-state index >= 15 is 0 Å². The quantitative estimate of drug-likeness (QED) is 0.677. The van der Waals surface area contributed by atoms with Crippen molar-refractivity contribution in [3.8, 4) is 11.8 Å². The van der Waals surface area contributed by atoms with E-state index in [1.165, 1.54) is 5.56 Å². The first-order valence-corrected chi connectivity index (χ1v) is 6.15. The predicted molar refractivity (Wildman–Crippen MR) is 78.3 cm³/mol. The normalized spacial score (nSPS) is 9.39. The molecule has 0 saturated heterocycles. The monoisotopic (exact) mass is 232 g/mol. The van der Waals surface area contributed by atoms with Crippen molar-refractivity contribution < 1.29 is 0 Å². The van der Waals surface area contributed by atoms with Crippen LogP contribution in [0.25, 0.3) is 6.08 Å². The van der Waals surface area contributed by atoms with Gasteiger partial charge in [0.1, 0.15) is 0 Å². The molecule has 0 nitrogen and oxygen atoms in total. The molecule has 0 aliphatic rings. The van der Waals surface area contributed by atoms with E-state index in [0.717, 1.165) is 23.1 Å². The Morgan fingerprint density at radius 2 is 1.72 bits per heavy atom. The summed E-state index contributed by atoms with van der Waals surface area (Å²) in [5, 5.41) is 0. The smallest absolute Gasteiger partial charge is 0.0254 e. The summed E-state index contributed by atoms with van der Waals surface area (Å²) in [5.41, 5.74) is 4.51. The molecular weight excluding hydrogens is 216 g/mol. The molecule has 18 heavy (non-hydrogen) atoms. The van der Waals surface area contributed by atoms with E-state index in [4.69, 9.17) is 0 Å². The van der Waals surface area contributed by atoms with E-state index in [1.54, 1.807) is 0 Å². The molecule has 0 N–H and O–H groups in total. The Hall–Kier alpha value is -2.26. The Morgan fingerprint density at radius 3 is 2.39 bits per heavy atom. The van der Waals surface area contributed by atoms with Gasteiger partial charge in [0.2, 0.25) is 0 Å². The molecule has 0 unspecified atom stereocenters. The van der Waals surface area contributed by atoms with Crippen LogP contribution in [0.3, 0.4) is 0 Å². The summed E-state index contributed by atoms with van der Waals surface area (Å²) in [6.45, 7) is 5.92. The lowest BCUT2D eigenvalue weighted by molar-refractivity contribution is 1.14. The molecule has 0 heterocycles. The van der Waals surface area contributed by atoms with Crippen LogP contribution >= 0.6 is 0 Å². The number of hydrogen-bond acceptors (Lipinski definition) is 0. The molecular formula is C18H16. The molecule has 88 valence electrons. The zero-order chi connectivity index (χ0) is 12.8. The molecule has 0 aliphatic heterocycles. The van der Waals surface area contributed by atoms with Gasteiger partial charge in [0, 0.05) is 11.1 Å². The van der Waals surface area contributed by atoms with Gasteiger partial charge in [0.25, 0.3) is 0 Å². The van der Waals surface area contributed by atoms with Crippen LogP contribution in [0.1, 0.15) is 29.2 Å². The first-order valence-electron chi connectivity index (χ1n) is 6.15. The molecule has 0 heteroatoms. The summed E-state index contributed by atoms with van der Waals surface area (Å²) in [6, 6.07) is 16.5. The fourth-order valence-electron chi connectivity index (χ4n) is 1.71. The average Bonchev–Trinajstić information content (AvgIpc) is 2.46. The summed E-state index contributed by atoms with van der Waals surface area (Å²) >= 11 is 0. The highest BCUT2D eigenvalue weighted by molar-refractivity contribution is 5.52. The molecule has 0 radical (unpaired) electrons. The number of hydrogen-bond donors (Lipinski definition) is 0. The van der Waals surface area contributed by atoms with Gasteiger partial charge in [-0.1, -0.05) is 55.7 Å². The van der Waals surface area contributed by atoms with Crippen molar-refractivity contribution in [1.82, 2.24) is 0 Å². The van der Waals surface area contributed by atoms with Gasteiger partial charge < -0.3 is 0 Å². The Bertz CT molecular complexity index is 592. The Morgan fingerprint density at radius 1 is 1.00 bits per heavy atom. The highest BCUT2D eigenvalue weighted by Crippen LogP contribution is 2.07. The predicted octanol–water partition coefficient (Wildman–Crippen LogP) is 4.29. The minimum Gasteiger partial charge on any atom is -0.0985 e. The van der Waals surface area contributed by atoms with Crippen LogP contribution in [-0.4, -0.2) is 0 Å². The molecule has 0 aromatic heterocycles. The zero-order valence-corrected chi connectivity index (χ0v) is 10.6. The molecule has 2 rings (SSSR count). The highest BCUT2D eigenvalue weighted by Gasteiger charge is 1.90. The van der Waals surface area contributed by atoms with E-state index in [-0.39, 0.29) is 0 Å². The minimum atomic E-state index is 1.02. The lowest BCUT2D eigenvalue weighted by Crippen LogP contribution is -1.81. The van der Waals surface area contributed by atoms with Gasteiger partial charge in [-0.3, -0.25) is 0 Å². The molecule has 0 aliphatic carbocycles. The molecule has 0 amide bonds. The lowest BCUT2D eigenvalue weighted by atomic mass is 10.1. The fourth-order valence-corrected chi connectivity index (χ4v) is 1.71. The van der Waals surface area contributed by atoms with E-state index < -0.39 is 0 Å². The number of rotatable bonds is 2. The van der Waals surface area contributed by atoms with Crippen LogP contribution in [0.4, 0.5) is 0 Å². The van der Waals surface area contributed by atoms with Gasteiger partial charge in [-0.25, -0.2) is 0 Å². The Labute approximate surface area is 109 Å². The summed E-state index contributed by atoms with van der Waals surface area (Å²) in [7, 11) is 0. The van der Waals surface area contributed by atoms with Crippen LogP contribution in [0, 0.1) is 11.8 Å². The summed E-state index contributed by atoms with van der Waals surface area (Å²) in [4.78, 5) is 0. The van der Waals surface area contributed by atoms with Crippen molar-refractivity contribution >= 4 is 6.08 Å². The third-order valence-corrected chi connectivity index (χ3v) is 2.84. The van der Waals surface area contributed by atoms with Gasteiger partial charge in [0.15, 0.2) is 0 Å². The van der Waals surface area contributed by atoms with Gasteiger partial charge in [-0.15, -0.1) is 0 Å². The SMILES string of the molecule is C=Cc1cccc(C#Cc2ccc(CC)cc2)c1. The largest absolute Gasteiger partial charge is 0.0985 e. The average molecular weight is 232 g/mol. The molecule has 0 bridgehead atoms. The third kappa shape index (κ3) is 3.12. The highest BCUT2D eigenvalue weighted by atomic mass is 13.9. The van der Waals surface area contributed by atoms with Gasteiger partial charge >= 0.3 is 0 Å². The zero-order valence-electron chi connectivity index (χ0n) is 10.6. The number of aryl methyl sites for hydroxylation is 1. The van der Waals surface area contributed by atoms with E-state index in [9.17, 15) is 0 Å². The molecule has 0 spiro atoms. The summed E-state index contributed by atoms with van der Waals surface area (Å²) in [5.74, 6) is 6.35. The van der Waals surface area contributed by atoms with E-state index in [0.29, 0.717) is 0 Å². The van der Waals surface area contributed by atoms with Crippen LogP contribution in [0.2, 0.25) is 0 Å². The Kier molecular flexibility index (Phi) is 3.99. The Balaban J connectivity index is 2.22. The maximum atomic E-state index is 3.76. The molecule has 2 aromatic rings. The second-order valence-corrected chi connectivity index (χ2v) is 4.13. The molecule has 2 aromatic carbocycles. The summed E-state index contributed by atoms with van der Waals surface area (Å²) < 4.78 is 0. The van der Waals surface area contributed by atoms with Crippen LogP contribution in [0.5, 0.6) is 0 Å². The lowest BCUT2D eigenvalue weighted by Gasteiger charge is -1.96. The second kappa shape index (κ2) is 5.89. The first kappa shape index (κ1) is 12.2. The van der Waals surface area contributed by atoms with Gasteiger partial charge in [-0.05, 0) is 41.8 Å². The number of benzene rings is 2. The fraction of sp³-hybridized carbons (Fsp3) is 0.111. The van der Waals surface area contributed by atoms with Crippen molar-refractivity contribution in [1.29, 1.82) is 0 Å². The minimum absolute atomic E-state index is 1.02. The third-order valence-electron chi connectivity index (χ3n) is 2.84. The molecule has 0 saturated carbocycles. The van der Waals surface area contributed by atoms with Crippen LogP contribution in [-0.2, 0) is 6.42 Å². The van der Waals surface area contributed by atoms with Crippen molar-refractivity contribution in [2.75, 3.05) is 0 Å². The van der Waals surface area contributed by atoms with Crippen molar-refractivity contribution in [2.24, 2.45) is 0 Å². The molecule has 0 fully saturated rings. The molecule has 0 atom stereocenters. The maximum absolute atomic E-state index is 3.76. The first-order chi connectivity index (χ1) is 8.81. The van der Waals surface area contributed by atoms with Crippen LogP contribution < -0.4 is 0 Å². The maximum Gasteiger partial charge on any atom is 0.0254 e.